The van der Waals surface area contributed by atoms with Gasteiger partial charge in [-0.05, 0) is 49.8 Å². The number of piperidine rings is 1. The average Bonchev–Trinajstić information content (AvgIpc) is 3.49. The molecule has 0 bridgehead atoms. The summed E-state index contributed by atoms with van der Waals surface area (Å²) >= 11 is 0. The largest absolute Gasteiger partial charge is 0.493 e. The van der Waals surface area contributed by atoms with Gasteiger partial charge in [0.15, 0.2) is 11.4 Å². The number of nitrogens with zero attached hydrogens (tertiary/aromatic N) is 4. The van der Waals surface area contributed by atoms with Crippen LogP contribution in [0.15, 0.2) is 30.5 Å². The Hall–Kier alpha value is -3.04. The minimum absolute atomic E-state index is 0.0569. The minimum Gasteiger partial charge on any atom is -0.493 e. The predicted octanol–water partition coefficient (Wildman–Crippen LogP) is 3.76. The van der Waals surface area contributed by atoms with Gasteiger partial charge in [-0.2, -0.15) is 18.3 Å². The number of alkyl halides is 3. The number of methoxy groups -OCH3 is 1. The maximum Gasteiger partial charge on any atom is 0.416 e. The lowest BCUT2D eigenvalue weighted by Gasteiger charge is -2.32. The van der Waals surface area contributed by atoms with E-state index in [0.717, 1.165) is 50.9 Å². The zero-order valence-corrected chi connectivity index (χ0v) is 18.5. The minimum atomic E-state index is -4.48. The molecule has 0 saturated carbocycles. The van der Waals surface area contributed by atoms with Crippen molar-refractivity contribution < 1.29 is 27.5 Å². The number of carbonyl (C=O) groups excluding carboxylic acids is 2. The highest BCUT2D eigenvalue weighted by Crippen LogP contribution is 2.31. The first-order chi connectivity index (χ1) is 15.8. The highest BCUT2D eigenvalue weighted by molar-refractivity contribution is 5.95. The average molecular weight is 464 g/mol. The molecule has 10 heteroatoms. The van der Waals surface area contributed by atoms with E-state index in [4.69, 9.17) is 4.74 Å². The van der Waals surface area contributed by atoms with Crippen LogP contribution in [0.1, 0.15) is 48.2 Å². The number of aromatic nitrogens is 2. The Labute approximate surface area is 190 Å². The second kappa shape index (κ2) is 9.44. The Morgan fingerprint density at radius 1 is 1.09 bits per heavy atom. The summed E-state index contributed by atoms with van der Waals surface area (Å²) in [5, 5.41) is 4.24. The molecule has 1 aromatic heterocycles. The Bertz CT molecular complexity index is 1010. The molecule has 0 spiro atoms. The quantitative estimate of drug-likeness (QED) is 0.676. The van der Waals surface area contributed by atoms with Crippen molar-refractivity contribution in [2.24, 2.45) is 5.92 Å². The second-order valence-electron chi connectivity index (χ2n) is 8.57. The Kier molecular flexibility index (Phi) is 6.62. The molecule has 2 saturated heterocycles. The summed E-state index contributed by atoms with van der Waals surface area (Å²) in [6.07, 6.45) is 1.01. The van der Waals surface area contributed by atoms with E-state index in [-0.39, 0.29) is 34.9 Å². The predicted molar refractivity (Wildman–Crippen MR) is 114 cm³/mol. The molecule has 2 fully saturated rings. The van der Waals surface area contributed by atoms with E-state index in [1.807, 2.05) is 4.90 Å². The molecule has 0 unspecified atom stereocenters. The van der Waals surface area contributed by atoms with Crippen molar-refractivity contribution in [3.8, 4) is 11.4 Å². The molecule has 33 heavy (non-hydrogen) atoms. The van der Waals surface area contributed by atoms with Crippen LogP contribution in [-0.2, 0) is 11.0 Å². The lowest BCUT2D eigenvalue weighted by atomic mass is 9.93. The molecule has 2 amide bonds. The smallest absolute Gasteiger partial charge is 0.416 e. The summed E-state index contributed by atoms with van der Waals surface area (Å²) in [4.78, 5) is 29.1. The molecule has 2 aliphatic heterocycles. The first kappa shape index (κ1) is 23.1. The number of amides is 2. The molecule has 0 N–H and O–H groups in total. The van der Waals surface area contributed by atoms with Crippen LogP contribution < -0.4 is 4.74 Å². The van der Waals surface area contributed by atoms with Gasteiger partial charge in [0.25, 0.3) is 5.91 Å². The zero-order valence-electron chi connectivity index (χ0n) is 18.5. The van der Waals surface area contributed by atoms with E-state index >= 15 is 0 Å². The third kappa shape index (κ3) is 5.15. The van der Waals surface area contributed by atoms with Crippen molar-refractivity contribution in [3.05, 3.63) is 41.7 Å². The monoisotopic (exact) mass is 464 g/mol. The summed E-state index contributed by atoms with van der Waals surface area (Å²) in [6, 6.07) is 4.74. The van der Waals surface area contributed by atoms with Gasteiger partial charge in [0.05, 0.1) is 24.6 Å². The molecule has 0 aliphatic carbocycles. The molecular weight excluding hydrogens is 437 g/mol. The van der Waals surface area contributed by atoms with Gasteiger partial charge >= 0.3 is 6.18 Å². The summed E-state index contributed by atoms with van der Waals surface area (Å²) < 4.78 is 45.7. The molecule has 1 aromatic carbocycles. The summed E-state index contributed by atoms with van der Waals surface area (Å²) in [5.74, 6) is 0.302. The van der Waals surface area contributed by atoms with Crippen LogP contribution in [0.5, 0.6) is 5.75 Å². The van der Waals surface area contributed by atoms with Crippen LogP contribution in [0, 0.1) is 5.92 Å². The van der Waals surface area contributed by atoms with Crippen molar-refractivity contribution in [1.82, 2.24) is 19.6 Å². The Morgan fingerprint density at radius 3 is 2.42 bits per heavy atom. The van der Waals surface area contributed by atoms with Crippen LogP contribution >= 0.6 is 0 Å². The number of benzene rings is 1. The van der Waals surface area contributed by atoms with E-state index in [1.54, 1.807) is 4.90 Å². The third-order valence-corrected chi connectivity index (χ3v) is 6.36. The number of hydrogen-bond donors (Lipinski definition) is 0. The fourth-order valence-electron chi connectivity index (χ4n) is 4.45. The second-order valence-corrected chi connectivity index (χ2v) is 8.57. The van der Waals surface area contributed by atoms with E-state index in [9.17, 15) is 22.8 Å². The number of hydrogen-bond acceptors (Lipinski definition) is 4. The van der Waals surface area contributed by atoms with E-state index in [0.29, 0.717) is 19.5 Å². The summed E-state index contributed by atoms with van der Waals surface area (Å²) in [5.41, 5.74) is -0.560. The molecule has 7 nitrogen and oxygen atoms in total. The van der Waals surface area contributed by atoms with Crippen LogP contribution in [-0.4, -0.2) is 64.7 Å². The third-order valence-electron chi connectivity index (χ3n) is 6.36. The van der Waals surface area contributed by atoms with Gasteiger partial charge in [0.2, 0.25) is 5.91 Å². The van der Waals surface area contributed by atoms with Crippen molar-refractivity contribution in [2.75, 3.05) is 33.3 Å². The Balaban J connectivity index is 1.43. The highest BCUT2D eigenvalue weighted by atomic mass is 19.4. The first-order valence-electron chi connectivity index (χ1n) is 11.1. The van der Waals surface area contributed by atoms with E-state index < -0.39 is 11.7 Å². The number of rotatable bonds is 5. The number of likely N-dealkylation sites (tertiary alicyclic amines) is 2. The van der Waals surface area contributed by atoms with Gasteiger partial charge in [-0.3, -0.25) is 9.59 Å². The van der Waals surface area contributed by atoms with E-state index in [2.05, 4.69) is 5.10 Å². The molecular formula is C23H27F3N4O3. The fourth-order valence-corrected chi connectivity index (χ4v) is 4.45. The maximum atomic E-state index is 13.1. The molecule has 0 radical (unpaired) electrons. The van der Waals surface area contributed by atoms with Gasteiger partial charge in [-0.25, -0.2) is 4.68 Å². The molecule has 0 atom stereocenters. The SMILES string of the molecule is COc1cn(-c2cccc(C(F)(F)F)c2)nc1C(=O)N1CCC(CC(=O)N2CCCC2)CC1. The lowest BCUT2D eigenvalue weighted by molar-refractivity contribution is -0.137. The normalized spacial score (nSPS) is 17.5. The van der Waals surface area contributed by atoms with Gasteiger partial charge in [0.1, 0.15) is 0 Å². The zero-order chi connectivity index (χ0) is 23.6. The first-order valence-corrected chi connectivity index (χ1v) is 11.1. The fraction of sp³-hybridized carbons (Fsp3) is 0.522. The lowest BCUT2D eigenvalue weighted by Crippen LogP contribution is -2.40. The summed E-state index contributed by atoms with van der Waals surface area (Å²) in [6.45, 7) is 2.67. The molecule has 2 aliphatic rings. The van der Waals surface area contributed by atoms with Gasteiger partial charge in [-0.15, -0.1) is 0 Å². The number of carbonyl (C=O) groups is 2. The van der Waals surface area contributed by atoms with Gasteiger partial charge in [0, 0.05) is 32.6 Å². The molecule has 2 aromatic rings. The van der Waals surface area contributed by atoms with Crippen molar-refractivity contribution >= 4 is 11.8 Å². The van der Waals surface area contributed by atoms with Crippen LogP contribution in [0.25, 0.3) is 5.69 Å². The molecule has 178 valence electrons. The maximum absolute atomic E-state index is 13.1. The summed E-state index contributed by atoms with van der Waals surface area (Å²) in [7, 11) is 1.39. The Morgan fingerprint density at radius 2 is 1.79 bits per heavy atom. The molecule has 3 heterocycles. The van der Waals surface area contributed by atoms with E-state index in [1.165, 1.54) is 30.1 Å². The number of ether oxygens (including phenoxy) is 1. The van der Waals surface area contributed by atoms with Crippen LogP contribution in [0.3, 0.4) is 0 Å². The van der Waals surface area contributed by atoms with Crippen molar-refractivity contribution in [3.63, 3.8) is 0 Å². The van der Waals surface area contributed by atoms with Gasteiger partial charge < -0.3 is 14.5 Å². The van der Waals surface area contributed by atoms with Crippen LogP contribution in [0.4, 0.5) is 13.2 Å². The van der Waals surface area contributed by atoms with Crippen molar-refractivity contribution in [2.45, 2.75) is 38.3 Å². The van der Waals surface area contributed by atoms with Crippen molar-refractivity contribution in [1.29, 1.82) is 0 Å². The molecule has 4 rings (SSSR count). The van der Waals surface area contributed by atoms with Gasteiger partial charge in [-0.1, -0.05) is 6.07 Å². The highest BCUT2D eigenvalue weighted by Gasteiger charge is 2.32. The number of halogens is 3. The standard InChI is InChI=1S/C23H27F3N4O3/c1-33-19-15-30(18-6-4-5-17(14-18)23(24,25)26)27-21(19)22(32)29-11-7-16(8-12-29)13-20(31)28-9-2-3-10-28/h4-6,14-16H,2-3,7-13H2,1H3. The van der Waals surface area contributed by atoms with Crippen LogP contribution in [0.2, 0.25) is 0 Å². The topological polar surface area (TPSA) is 67.7 Å².